The third-order valence-corrected chi connectivity index (χ3v) is 4.54. The number of halogens is 2. The van der Waals surface area contributed by atoms with Gasteiger partial charge in [-0.2, -0.15) is 0 Å². The van der Waals surface area contributed by atoms with Gasteiger partial charge in [-0.15, -0.1) is 5.10 Å². The molecule has 3 rings (SSSR count). The lowest BCUT2D eigenvalue weighted by atomic mass is 9.91. The van der Waals surface area contributed by atoms with Crippen molar-refractivity contribution in [3.8, 4) is 11.5 Å². The van der Waals surface area contributed by atoms with E-state index in [2.05, 4.69) is 10.3 Å². The maximum atomic E-state index is 11.0. The molecular weight excluding hydrogens is 361 g/mol. The highest BCUT2D eigenvalue weighted by Crippen LogP contribution is 2.35. The van der Waals surface area contributed by atoms with Gasteiger partial charge in [0, 0.05) is 16.8 Å². The molecule has 25 heavy (non-hydrogen) atoms. The molecule has 0 aliphatic carbocycles. The average molecular weight is 378 g/mol. The molecule has 1 aromatic heterocycles. The van der Waals surface area contributed by atoms with E-state index in [1.807, 2.05) is 6.92 Å². The number of benzene rings is 2. The third kappa shape index (κ3) is 4.12. The maximum Gasteiger partial charge on any atom is 0.128 e. The van der Waals surface area contributed by atoms with E-state index in [0.29, 0.717) is 33.5 Å². The summed E-state index contributed by atoms with van der Waals surface area (Å²) in [5.74, 6) is 1.23. The van der Waals surface area contributed by atoms with Crippen LogP contribution in [-0.4, -0.2) is 20.1 Å². The minimum absolute atomic E-state index is 0.264. The highest BCUT2D eigenvalue weighted by Gasteiger charge is 2.30. The predicted molar refractivity (Wildman–Crippen MR) is 97.2 cm³/mol. The third-order valence-electron chi connectivity index (χ3n) is 3.97. The van der Waals surface area contributed by atoms with E-state index in [9.17, 15) is 5.11 Å². The van der Waals surface area contributed by atoms with Gasteiger partial charge in [0.15, 0.2) is 0 Å². The summed E-state index contributed by atoms with van der Waals surface area (Å²) >= 11 is 12.3. The van der Waals surface area contributed by atoms with Crippen molar-refractivity contribution in [3.63, 3.8) is 0 Å². The van der Waals surface area contributed by atoms with Gasteiger partial charge in [0.1, 0.15) is 17.1 Å². The molecule has 0 radical (unpaired) electrons. The van der Waals surface area contributed by atoms with Crippen molar-refractivity contribution in [3.05, 3.63) is 70.5 Å². The van der Waals surface area contributed by atoms with E-state index >= 15 is 0 Å². The lowest BCUT2D eigenvalue weighted by Gasteiger charge is -2.28. The smallest absolute Gasteiger partial charge is 0.128 e. The van der Waals surface area contributed by atoms with E-state index in [4.69, 9.17) is 27.9 Å². The van der Waals surface area contributed by atoms with Crippen molar-refractivity contribution in [2.45, 2.75) is 25.5 Å². The lowest BCUT2D eigenvalue weighted by Crippen LogP contribution is -2.31. The van der Waals surface area contributed by atoms with Crippen molar-refractivity contribution in [2.75, 3.05) is 0 Å². The number of nitrogens with zero attached hydrogens (tertiary/aromatic N) is 3. The molecule has 1 N–H and O–H groups in total. The van der Waals surface area contributed by atoms with Crippen LogP contribution >= 0.6 is 23.2 Å². The molecule has 0 aliphatic rings. The molecule has 1 atom stereocenters. The van der Waals surface area contributed by atoms with Crippen molar-refractivity contribution >= 4 is 23.2 Å². The summed E-state index contributed by atoms with van der Waals surface area (Å²) in [5, 5.41) is 19.8. The van der Waals surface area contributed by atoms with Gasteiger partial charge in [-0.1, -0.05) is 41.4 Å². The van der Waals surface area contributed by atoms with Crippen LogP contribution in [0.2, 0.25) is 10.0 Å². The Morgan fingerprint density at radius 1 is 1.12 bits per heavy atom. The molecule has 0 bridgehead atoms. The Kier molecular flexibility index (Phi) is 5.27. The van der Waals surface area contributed by atoms with Gasteiger partial charge in [0.05, 0.1) is 17.8 Å². The normalized spacial score (nSPS) is 13.4. The first-order valence-electron chi connectivity index (χ1n) is 7.80. The minimum Gasteiger partial charge on any atom is -0.457 e. The number of ether oxygens (including phenoxy) is 1. The van der Waals surface area contributed by atoms with Crippen LogP contribution in [-0.2, 0) is 12.1 Å². The monoisotopic (exact) mass is 377 g/mol. The largest absolute Gasteiger partial charge is 0.457 e. The Bertz CT molecular complexity index is 838. The van der Waals surface area contributed by atoms with Gasteiger partial charge in [-0.05, 0) is 42.8 Å². The van der Waals surface area contributed by atoms with Gasteiger partial charge in [-0.3, -0.25) is 0 Å². The molecule has 0 fully saturated rings. The molecule has 3 aromatic rings. The Morgan fingerprint density at radius 3 is 2.44 bits per heavy atom. The molecule has 130 valence electrons. The lowest BCUT2D eigenvalue weighted by molar-refractivity contribution is 0.0106. The number of aliphatic hydroxyl groups is 1. The fourth-order valence-corrected chi connectivity index (χ4v) is 3.02. The van der Waals surface area contributed by atoms with Gasteiger partial charge in [-0.25, -0.2) is 4.68 Å². The highest BCUT2D eigenvalue weighted by molar-refractivity contribution is 6.31. The molecule has 0 aliphatic heterocycles. The maximum absolute atomic E-state index is 11.0. The van der Waals surface area contributed by atoms with Crippen LogP contribution < -0.4 is 4.74 Å². The van der Waals surface area contributed by atoms with Gasteiger partial charge < -0.3 is 9.84 Å². The predicted octanol–water partition coefficient (Wildman–Crippen LogP) is 4.68. The Balaban J connectivity index is 1.83. The van der Waals surface area contributed by atoms with E-state index < -0.39 is 5.60 Å². The van der Waals surface area contributed by atoms with Crippen molar-refractivity contribution in [2.24, 2.45) is 0 Å². The summed E-state index contributed by atoms with van der Waals surface area (Å²) in [4.78, 5) is 0. The molecule has 0 saturated heterocycles. The first kappa shape index (κ1) is 17.7. The zero-order chi connectivity index (χ0) is 17.9. The van der Waals surface area contributed by atoms with Crippen LogP contribution in [0.25, 0.3) is 0 Å². The molecule has 0 spiro atoms. The van der Waals surface area contributed by atoms with Crippen LogP contribution in [0.5, 0.6) is 11.5 Å². The first-order chi connectivity index (χ1) is 12.0. The molecule has 0 amide bonds. The number of aromatic nitrogens is 3. The molecule has 0 saturated carbocycles. The number of hydrogen-bond donors (Lipinski definition) is 1. The number of hydrogen-bond acceptors (Lipinski definition) is 4. The summed E-state index contributed by atoms with van der Waals surface area (Å²) in [6, 6.07) is 12.3. The van der Waals surface area contributed by atoms with Crippen molar-refractivity contribution in [1.29, 1.82) is 0 Å². The second-order valence-electron chi connectivity index (χ2n) is 5.68. The molecule has 1 unspecified atom stereocenters. The quantitative estimate of drug-likeness (QED) is 0.677. The Morgan fingerprint density at radius 2 is 1.84 bits per heavy atom. The van der Waals surface area contributed by atoms with E-state index in [-0.39, 0.29) is 6.54 Å². The van der Waals surface area contributed by atoms with Crippen LogP contribution in [0.3, 0.4) is 0 Å². The van der Waals surface area contributed by atoms with E-state index in [1.54, 1.807) is 59.5 Å². The Labute approximate surface area is 155 Å². The summed E-state index contributed by atoms with van der Waals surface area (Å²) in [5.41, 5.74) is -0.528. The summed E-state index contributed by atoms with van der Waals surface area (Å²) < 4.78 is 7.35. The van der Waals surface area contributed by atoms with E-state index in [0.717, 1.165) is 0 Å². The van der Waals surface area contributed by atoms with Gasteiger partial charge in [0.2, 0.25) is 0 Å². The SMILES string of the molecule is CCC(O)(Cn1ccnn1)c1ccc(Oc2ccc(Cl)cc2)cc1Cl. The summed E-state index contributed by atoms with van der Waals surface area (Å²) in [6.45, 7) is 2.16. The van der Waals surface area contributed by atoms with Crippen LogP contribution in [0.1, 0.15) is 18.9 Å². The Hall–Kier alpha value is -2.08. The first-order valence-corrected chi connectivity index (χ1v) is 8.56. The van der Waals surface area contributed by atoms with E-state index in [1.165, 1.54) is 0 Å². The molecule has 5 nitrogen and oxygen atoms in total. The standard InChI is InChI=1S/C18H17Cl2N3O2/c1-2-18(24,12-23-10-9-21-22-23)16-8-7-15(11-17(16)20)25-14-5-3-13(19)4-6-14/h3-11,24H,2,12H2,1H3. The second-order valence-corrected chi connectivity index (χ2v) is 6.53. The number of rotatable bonds is 6. The van der Waals surface area contributed by atoms with Crippen molar-refractivity contribution in [1.82, 2.24) is 15.0 Å². The summed E-state index contributed by atoms with van der Waals surface area (Å²) in [7, 11) is 0. The molecular formula is C18H17Cl2N3O2. The molecule has 1 heterocycles. The molecule has 7 heteroatoms. The summed E-state index contributed by atoms with van der Waals surface area (Å²) in [6.07, 6.45) is 3.75. The van der Waals surface area contributed by atoms with Gasteiger partial charge >= 0.3 is 0 Å². The minimum atomic E-state index is -1.15. The zero-order valence-electron chi connectivity index (χ0n) is 13.6. The van der Waals surface area contributed by atoms with Crippen molar-refractivity contribution < 1.29 is 9.84 Å². The second kappa shape index (κ2) is 7.44. The molecule has 2 aromatic carbocycles. The fourth-order valence-electron chi connectivity index (χ4n) is 2.55. The fraction of sp³-hybridized carbons (Fsp3) is 0.222. The topological polar surface area (TPSA) is 60.2 Å². The highest BCUT2D eigenvalue weighted by atomic mass is 35.5. The van der Waals surface area contributed by atoms with Gasteiger partial charge in [0.25, 0.3) is 0 Å². The van der Waals surface area contributed by atoms with Crippen LogP contribution in [0.15, 0.2) is 54.9 Å². The average Bonchev–Trinajstić information content (AvgIpc) is 3.09. The van der Waals surface area contributed by atoms with Crippen LogP contribution in [0.4, 0.5) is 0 Å². The zero-order valence-corrected chi connectivity index (χ0v) is 15.1. The van der Waals surface area contributed by atoms with Crippen LogP contribution in [0, 0.1) is 0 Å².